The van der Waals surface area contributed by atoms with Crippen LogP contribution >= 0.6 is 11.6 Å². The lowest BCUT2D eigenvalue weighted by molar-refractivity contribution is 0.482. The van der Waals surface area contributed by atoms with E-state index in [2.05, 4.69) is 29.2 Å². The van der Waals surface area contributed by atoms with Gasteiger partial charge in [-0.05, 0) is 51.7 Å². The third kappa shape index (κ3) is 3.22. The van der Waals surface area contributed by atoms with Gasteiger partial charge in [-0.3, -0.25) is 4.79 Å². The number of hydrogen-bond acceptors (Lipinski definition) is 3. The quantitative estimate of drug-likeness (QED) is 0.353. The second-order valence-corrected chi connectivity index (χ2v) is 7.72. The van der Waals surface area contributed by atoms with Crippen LogP contribution in [0.25, 0.3) is 43.9 Å². The van der Waals surface area contributed by atoms with E-state index in [4.69, 9.17) is 11.6 Å². The molecule has 5 aromatic rings. The summed E-state index contributed by atoms with van der Waals surface area (Å²) in [5.74, 6) is -0.178. The summed E-state index contributed by atoms with van der Waals surface area (Å²) in [7, 11) is 0. The van der Waals surface area contributed by atoms with E-state index >= 15 is 0 Å². The summed E-state index contributed by atoms with van der Waals surface area (Å²) in [5.41, 5.74) is 2.85. The number of nitriles is 1. The van der Waals surface area contributed by atoms with Gasteiger partial charge in [-0.1, -0.05) is 66.2 Å². The Labute approximate surface area is 182 Å². The van der Waals surface area contributed by atoms with Crippen molar-refractivity contribution in [1.82, 2.24) is 4.98 Å². The Bertz CT molecular complexity index is 1600. The molecule has 0 unspecified atom stereocenters. The van der Waals surface area contributed by atoms with Crippen LogP contribution in [0, 0.1) is 11.3 Å². The van der Waals surface area contributed by atoms with E-state index in [0.717, 1.165) is 21.9 Å². The number of aromatic amines is 1. The first-order valence-electron chi connectivity index (χ1n) is 9.63. The summed E-state index contributed by atoms with van der Waals surface area (Å²) in [4.78, 5) is 15.6. The molecule has 0 bridgehead atoms. The van der Waals surface area contributed by atoms with Crippen LogP contribution in [0.4, 0.5) is 0 Å². The molecule has 0 fully saturated rings. The molecule has 0 radical (unpaired) electrons. The molecule has 0 saturated carbocycles. The highest BCUT2D eigenvalue weighted by Gasteiger charge is 2.16. The normalized spacial score (nSPS) is 11.0. The Morgan fingerprint density at radius 2 is 1.58 bits per heavy atom. The number of nitrogens with one attached hydrogen (secondary N) is 1. The third-order valence-electron chi connectivity index (χ3n) is 5.43. The maximum absolute atomic E-state index is 12.8. The van der Waals surface area contributed by atoms with Crippen LogP contribution in [0.3, 0.4) is 0 Å². The Morgan fingerprint density at radius 3 is 2.39 bits per heavy atom. The standard InChI is InChI=1S/C26H15ClN2O2/c27-22-13-23-21(12-20(22)14-28)25(30)24(26(31)29-23)19-7-3-6-17(11-19)18-9-8-15-4-1-2-5-16(15)10-18/h1-13H,(H2,29,30,31). The number of aromatic nitrogens is 1. The summed E-state index contributed by atoms with van der Waals surface area (Å²) >= 11 is 6.07. The number of hydrogen-bond donors (Lipinski definition) is 2. The largest absolute Gasteiger partial charge is 0.506 e. The average molecular weight is 423 g/mol. The lowest BCUT2D eigenvalue weighted by atomic mass is 9.96. The van der Waals surface area contributed by atoms with E-state index in [-0.39, 0.29) is 21.9 Å². The summed E-state index contributed by atoms with van der Waals surface area (Å²) in [6.07, 6.45) is 0. The monoisotopic (exact) mass is 422 g/mol. The molecule has 1 heterocycles. The first kappa shape index (κ1) is 18.9. The summed E-state index contributed by atoms with van der Waals surface area (Å²) < 4.78 is 0. The maximum Gasteiger partial charge on any atom is 0.260 e. The van der Waals surface area contributed by atoms with Gasteiger partial charge < -0.3 is 10.1 Å². The molecule has 2 N–H and O–H groups in total. The molecule has 4 aromatic carbocycles. The van der Waals surface area contributed by atoms with Gasteiger partial charge in [-0.2, -0.15) is 5.26 Å². The van der Waals surface area contributed by atoms with Gasteiger partial charge in [0.25, 0.3) is 5.56 Å². The van der Waals surface area contributed by atoms with Gasteiger partial charge in [0.05, 0.1) is 21.7 Å². The molecule has 0 aliphatic heterocycles. The second kappa shape index (κ2) is 7.32. The molecule has 148 valence electrons. The van der Waals surface area contributed by atoms with Crippen LogP contribution in [-0.2, 0) is 0 Å². The highest BCUT2D eigenvalue weighted by Crippen LogP contribution is 2.36. The second-order valence-electron chi connectivity index (χ2n) is 7.31. The number of rotatable bonds is 2. The van der Waals surface area contributed by atoms with Crippen molar-refractivity contribution in [2.75, 3.05) is 0 Å². The maximum atomic E-state index is 12.8. The first-order valence-corrected chi connectivity index (χ1v) is 10.0. The molecular weight excluding hydrogens is 408 g/mol. The zero-order valence-electron chi connectivity index (χ0n) is 16.2. The Morgan fingerprint density at radius 1 is 0.839 bits per heavy atom. The fourth-order valence-electron chi connectivity index (χ4n) is 3.88. The van der Waals surface area contributed by atoms with Gasteiger partial charge in [0.2, 0.25) is 0 Å². The summed E-state index contributed by atoms with van der Waals surface area (Å²) in [6, 6.07) is 26.7. The molecule has 0 aliphatic carbocycles. The van der Waals surface area contributed by atoms with Crippen molar-refractivity contribution in [1.29, 1.82) is 5.26 Å². The molecule has 0 spiro atoms. The SMILES string of the molecule is N#Cc1cc2c(O)c(-c3cccc(-c4ccc5ccccc5c4)c3)c(=O)[nH]c2cc1Cl. The van der Waals surface area contributed by atoms with Crippen molar-refractivity contribution in [3.8, 4) is 34.1 Å². The molecule has 0 aliphatic rings. The molecule has 31 heavy (non-hydrogen) atoms. The van der Waals surface area contributed by atoms with E-state index in [1.165, 1.54) is 12.1 Å². The lowest BCUT2D eigenvalue weighted by Gasteiger charge is -2.11. The third-order valence-corrected chi connectivity index (χ3v) is 5.74. The van der Waals surface area contributed by atoms with Gasteiger partial charge in [-0.25, -0.2) is 0 Å². The molecule has 0 saturated heterocycles. The van der Waals surface area contributed by atoms with E-state index in [1.807, 2.05) is 42.5 Å². The van der Waals surface area contributed by atoms with Crippen LogP contribution in [0.5, 0.6) is 5.75 Å². The van der Waals surface area contributed by atoms with E-state index < -0.39 is 5.56 Å². The minimum absolute atomic E-state index is 0.154. The van der Waals surface area contributed by atoms with E-state index in [9.17, 15) is 15.2 Å². The van der Waals surface area contributed by atoms with Gasteiger partial charge in [0.15, 0.2) is 0 Å². The summed E-state index contributed by atoms with van der Waals surface area (Å²) in [5, 5.41) is 23.0. The first-order chi connectivity index (χ1) is 15.0. The van der Waals surface area contributed by atoms with Crippen LogP contribution < -0.4 is 5.56 Å². The smallest absolute Gasteiger partial charge is 0.260 e. The molecule has 5 rings (SSSR count). The van der Waals surface area contributed by atoms with Gasteiger partial charge in [-0.15, -0.1) is 0 Å². The van der Waals surface area contributed by atoms with Crippen molar-refractivity contribution in [3.05, 3.63) is 99.8 Å². The van der Waals surface area contributed by atoms with Crippen LogP contribution in [0.1, 0.15) is 5.56 Å². The molecule has 4 nitrogen and oxygen atoms in total. The minimum Gasteiger partial charge on any atom is -0.506 e. The number of aromatic hydroxyl groups is 1. The van der Waals surface area contributed by atoms with Crippen molar-refractivity contribution >= 4 is 33.3 Å². The molecule has 0 amide bonds. The van der Waals surface area contributed by atoms with Crippen LogP contribution in [0.15, 0.2) is 83.7 Å². The number of nitrogens with zero attached hydrogens (tertiary/aromatic N) is 1. The van der Waals surface area contributed by atoms with Gasteiger partial charge in [0.1, 0.15) is 11.8 Å². The van der Waals surface area contributed by atoms with Crippen molar-refractivity contribution < 1.29 is 5.11 Å². The number of benzene rings is 4. The van der Waals surface area contributed by atoms with Gasteiger partial charge >= 0.3 is 0 Å². The molecule has 1 aromatic heterocycles. The zero-order valence-corrected chi connectivity index (χ0v) is 16.9. The van der Waals surface area contributed by atoms with Crippen LogP contribution in [0.2, 0.25) is 5.02 Å². The summed E-state index contributed by atoms with van der Waals surface area (Å²) in [6.45, 7) is 0. The molecular formula is C26H15ClN2O2. The van der Waals surface area contributed by atoms with E-state index in [1.54, 1.807) is 6.07 Å². The fourth-order valence-corrected chi connectivity index (χ4v) is 4.08. The van der Waals surface area contributed by atoms with Crippen molar-refractivity contribution in [3.63, 3.8) is 0 Å². The highest BCUT2D eigenvalue weighted by atomic mass is 35.5. The topological polar surface area (TPSA) is 76.9 Å². The molecule has 5 heteroatoms. The Balaban J connectivity index is 1.69. The van der Waals surface area contributed by atoms with Crippen molar-refractivity contribution in [2.24, 2.45) is 0 Å². The Hall–Kier alpha value is -4.07. The number of pyridine rings is 1. The lowest BCUT2D eigenvalue weighted by Crippen LogP contribution is -2.09. The van der Waals surface area contributed by atoms with E-state index in [0.29, 0.717) is 16.5 Å². The average Bonchev–Trinajstić information content (AvgIpc) is 2.78. The predicted molar refractivity (Wildman–Crippen MR) is 124 cm³/mol. The Kier molecular flexibility index (Phi) is 4.47. The van der Waals surface area contributed by atoms with Gasteiger partial charge in [0, 0.05) is 5.39 Å². The zero-order chi connectivity index (χ0) is 21.5. The number of fused-ring (bicyclic) bond motifs is 2. The van der Waals surface area contributed by atoms with Crippen molar-refractivity contribution in [2.45, 2.75) is 0 Å². The predicted octanol–water partition coefficient (Wildman–Crippen LogP) is 6.25. The molecule has 0 atom stereocenters. The minimum atomic E-state index is -0.429. The number of halogens is 1. The highest BCUT2D eigenvalue weighted by molar-refractivity contribution is 6.32. The number of H-pyrrole nitrogens is 1. The van der Waals surface area contributed by atoms with Crippen LogP contribution in [-0.4, -0.2) is 10.1 Å². The fraction of sp³-hybridized carbons (Fsp3) is 0.